The first-order valence-corrected chi connectivity index (χ1v) is 7.27. The molecule has 0 aliphatic heterocycles. The van der Waals surface area contributed by atoms with Crippen molar-refractivity contribution in [1.29, 1.82) is 0 Å². The van der Waals surface area contributed by atoms with Crippen LogP contribution >= 0.6 is 0 Å². The van der Waals surface area contributed by atoms with E-state index in [1.54, 1.807) is 7.11 Å². The lowest BCUT2D eigenvalue weighted by Gasteiger charge is -2.20. The van der Waals surface area contributed by atoms with Crippen LogP contribution in [0.3, 0.4) is 0 Å². The van der Waals surface area contributed by atoms with Crippen LogP contribution in [0.25, 0.3) is 0 Å². The van der Waals surface area contributed by atoms with Gasteiger partial charge in [-0.05, 0) is 48.4 Å². The molecule has 112 valence electrons. The molecule has 0 unspecified atom stereocenters. The Morgan fingerprint density at radius 1 is 1.19 bits per heavy atom. The number of aromatic nitrogens is 1. The molecule has 0 aliphatic carbocycles. The summed E-state index contributed by atoms with van der Waals surface area (Å²) in [4.78, 5) is 6.54. The normalized spacial score (nSPS) is 10.2. The number of hydrogen-bond donors (Lipinski definition) is 1. The average Bonchev–Trinajstić information content (AvgIpc) is 2.53. The van der Waals surface area contributed by atoms with Crippen LogP contribution in [0.1, 0.15) is 18.9 Å². The summed E-state index contributed by atoms with van der Waals surface area (Å²) in [6.45, 7) is 3.94. The third kappa shape index (κ3) is 4.38. The molecule has 1 aromatic carbocycles. The molecule has 1 N–H and O–H groups in total. The third-order valence-corrected chi connectivity index (χ3v) is 3.31. The Hall–Kier alpha value is -2.23. The van der Waals surface area contributed by atoms with Crippen molar-refractivity contribution >= 4 is 11.5 Å². The average molecular weight is 285 g/mol. The smallest absolute Gasteiger partial charge is 0.126 e. The fourth-order valence-corrected chi connectivity index (χ4v) is 2.12. The molecule has 2 rings (SSSR count). The number of hydrogen-bond acceptors (Lipinski definition) is 4. The van der Waals surface area contributed by atoms with Crippen molar-refractivity contribution in [2.45, 2.75) is 19.9 Å². The molecule has 0 atom stereocenters. The summed E-state index contributed by atoms with van der Waals surface area (Å²) in [5, 5.41) is 3.32. The Morgan fingerprint density at radius 2 is 1.95 bits per heavy atom. The van der Waals surface area contributed by atoms with Gasteiger partial charge in [0.2, 0.25) is 0 Å². The van der Waals surface area contributed by atoms with E-state index in [1.165, 1.54) is 5.56 Å². The van der Waals surface area contributed by atoms with Gasteiger partial charge in [0.15, 0.2) is 0 Å². The lowest BCUT2D eigenvalue weighted by Crippen LogP contribution is -2.16. The van der Waals surface area contributed by atoms with Crippen molar-refractivity contribution < 1.29 is 4.74 Å². The van der Waals surface area contributed by atoms with Gasteiger partial charge in [0, 0.05) is 32.0 Å². The van der Waals surface area contributed by atoms with Crippen LogP contribution in [-0.4, -0.2) is 25.7 Å². The highest BCUT2D eigenvalue weighted by atomic mass is 16.5. The topological polar surface area (TPSA) is 37.4 Å². The van der Waals surface area contributed by atoms with Crippen molar-refractivity contribution in [3.63, 3.8) is 0 Å². The predicted molar refractivity (Wildman–Crippen MR) is 88.1 cm³/mol. The molecule has 0 fully saturated rings. The zero-order chi connectivity index (χ0) is 15.1. The Balaban J connectivity index is 2.02. The SMILES string of the molecule is CCCNc1cc(CN(C)c2ccc(OC)cc2)ccn1. The van der Waals surface area contributed by atoms with E-state index in [2.05, 4.69) is 53.4 Å². The van der Waals surface area contributed by atoms with E-state index in [0.717, 1.165) is 36.8 Å². The standard InChI is InChI=1S/C17H23N3O/c1-4-10-18-17-12-14(9-11-19-17)13-20(2)15-5-7-16(21-3)8-6-15/h5-9,11-12H,4,10,13H2,1-3H3,(H,18,19). The van der Waals surface area contributed by atoms with Crippen LogP contribution in [0.15, 0.2) is 42.6 Å². The van der Waals surface area contributed by atoms with Gasteiger partial charge in [-0.2, -0.15) is 0 Å². The number of pyridine rings is 1. The van der Waals surface area contributed by atoms with Gasteiger partial charge in [-0.3, -0.25) is 0 Å². The molecule has 0 radical (unpaired) electrons. The van der Waals surface area contributed by atoms with Gasteiger partial charge < -0.3 is 15.0 Å². The second kappa shape index (κ2) is 7.53. The summed E-state index contributed by atoms with van der Waals surface area (Å²) in [6.07, 6.45) is 2.95. The number of nitrogens with one attached hydrogen (secondary N) is 1. The first-order valence-electron chi connectivity index (χ1n) is 7.27. The van der Waals surface area contributed by atoms with Crippen molar-refractivity contribution in [1.82, 2.24) is 4.98 Å². The second-order valence-electron chi connectivity index (χ2n) is 5.03. The van der Waals surface area contributed by atoms with Gasteiger partial charge in [0.25, 0.3) is 0 Å². The summed E-state index contributed by atoms with van der Waals surface area (Å²) in [5.41, 5.74) is 2.40. The van der Waals surface area contributed by atoms with Gasteiger partial charge in [-0.15, -0.1) is 0 Å². The molecule has 0 saturated carbocycles. The van der Waals surface area contributed by atoms with E-state index >= 15 is 0 Å². The maximum Gasteiger partial charge on any atom is 0.126 e. The third-order valence-electron chi connectivity index (χ3n) is 3.31. The Labute approximate surface area is 126 Å². The molecular weight excluding hydrogens is 262 g/mol. The summed E-state index contributed by atoms with van der Waals surface area (Å²) in [6, 6.07) is 12.2. The number of nitrogens with zero attached hydrogens (tertiary/aromatic N) is 2. The maximum atomic E-state index is 5.19. The molecule has 1 aromatic heterocycles. The number of anilines is 2. The number of methoxy groups -OCH3 is 1. The summed E-state index contributed by atoms with van der Waals surface area (Å²) in [5.74, 6) is 1.82. The van der Waals surface area contributed by atoms with Crippen LogP contribution in [0.2, 0.25) is 0 Å². The molecule has 0 saturated heterocycles. The van der Waals surface area contributed by atoms with E-state index in [0.29, 0.717) is 0 Å². The van der Waals surface area contributed by atoms with Crippen molar-refractivity contribution in [3.05, 3.63) is 48.2 Å². The lowest BCUT2D eigenvalue weighted by atomic mass is 10.2. The fraction of sp³-hybridized carbons (Fsp3) is 0.353. The van der Waals surface area contributed by atoms with Gasteiger partial charge >= 0.3 is 0 Å². The van der Waals surface area contributed by atoms with Crippen LogP contribution in [0.5, 0.6) is 5.75 Å². The fourth-order valence-electron chi connectivity index (χ4n) is 2.12. The molecule has 2 aromatic rings. The first-order chi connectivity index (χ1) is 10.2. The van der Waals surface area contributed by atoms with Gasteiger partial charge in [0.1, 0.15) is 11.6 Å². The Morgan fingerprint density at radius 3 is 2.62 bits per heavy atom. The first kappa shape index (κ1) is 15.2. The molecule has 1 heterocycles. The largest absolute Gasteiger partial charge is 0.497 e. The van der Waals surface area contributed by atoms with Crippen LogP contribution in [0.4, 0.5) is 11.5 Å². The number of ether oxygens (including phenoxy) is 1. The van der Waals surface area contributed by atoms with E-state index < -0.39 is 0 Å². The monoisotopic (exact) mass is 285 g/mol. The van der Waals surface area contributed by atoms with E-state index in [-0.39, 0.29) is 0 Å². The lowest BCUT2D eigenvalue weighted by molar-refractivity contribution is 0.415. The van der Waals surface area contributed by atoms with Crippen molar-refractivity contribution in [2.75, 3.05) is 30.9 Å². The summed E-state index contributed by atoms with van der Waals surface area (Å²) < 4.78 is 5.19. The zero-order valence-corrected chi connectivity index (χ0v) is 13.0. The second-order valence-corrected chi connectivity index (χ2v) is 5.03. The highest BCUT2D eigenvalue weighted by Crippen LogP contribution is 2.20. The van der Waals surface area contributed by atoms with Crippen molar-refractivity contribution in [2.24, 2.45) is 0 Å². The van der Waals surface area contributed by atoms with E-state index in [1.807, 2.05) is 18.3 Å². The predicted octanol–water partition coefficient (Wildman–Crippen LogP) is 3.55. The Bertz CT molecular complexity index is 554. The molecule has 4 nitrogen and oxygen atoms in total. The minimum atomic E-state index is 0.843. The van der Waals surface area contributed by atoms with E-state index in [4.69, 9.17) is 4.74 Å². The molecule has 21 heavy (non-hydrogen) atoms. The van der Waals surface area contributed by atoms with Crippen LogP contribution in [-0.2, 0) is 6.54 Å². The molecule has 0 bridgehead atoms. The van der Waals surface area contributed by atoms with Gasteiger partial charge in [-0.25, -0.2) is 4.98 Å². The molecule has 0 amide bonds. The quantitative estimate of drug-likeness (QED) is 0.844. The minimum Gasteiger partial charge on any atom is -0.497 e. The van der Waals surface area contributed by atoms with Gasteiger partial charge in [0.05, 0.1) is 7.11 Å². The maximum absolute atomic E-state index is 5.19. The molecule has 0 spiro atoms. The Kier molecular flexibility index (Phi) is 5.43. The van der Waals surface area contributed by atoms with E-state index in [9.17, 15) is 0 Å². The number of benzene rings is 1. The minimum absolute atomic E-state index is 0.843. The highest BCUT2D eigenvalue weighted by Gasteiger charge is 2.04. The summed E-state index contributed by atoms with van der Waals surface area (Å²) in [7, 11) is 3.77. The van der Waals surface area contributed by atoms with Gasteiger partial charge in [-0.1, -0.05) is 6.92 Å². The molecular formula is C17H23N3O. The van der Waals surface area contributed by atoms with Crippen LogP contribution < -0.4 is 15.0 Å². The zero-order valence-electron chi connectivity index (χ0n) is 13.0. The van der Waals surface area contributed by atoms with Crippen LogP contribution in [0, 0.1) is 0 Å². The highest BCUT2D eigenvalue weighted by molar-refractivity contribution is 5.49. The molecule has 0 aliphatic rings. The van der Waals surface area contributed by atoms with Crippen molar-refractivity contribution in [3.8, 4) is 5.75 Å². The number of rotatable bonds is 7. The summed E-state index contributed by atoms with van der Waals surface area (Å²) >= 11 is 0. The molecule has 4 heteroatoms.